The molecule has 0 aliphatic rings. The van der Waals surface area contributed by atoms with E-state index in [1.54, 1.807) is 24.3 Å². The van der Waals surface area contributed by atoms with Crippen LogP contribution in [-0.4, -0.2) is 12.5 Å². The average Bonchev–Trinajstić information content (AvgIpc) is 2.47. The number of nitrogens with one attached hydrogen (secondary N) is 1. The standard InChI is InChI=1S/C16H15ClINO2/c1-2-9-21-15-8-7-11(17)10-14(15)19-16(20)12-5-3-4-6-13(12)18/h3-8,10H,2,9H2,1H3,(H,19,20). The molecular weight excluding hydrogens is 401 g/mol. The summed E-state index contributed by atoms with van der Waals surface area (Å²) in [7, 11) is 0. The quantitative estimate of drug-likeness (QED) is 0.699. The maximum Gasteiger partial charge on any atom is 0.256 e. The summed E-state index contributed by atoms with van der Waals surface area (Å²) in [5.41, 5.74) is 1.21. The summed E-state index contributed by atoms with van der Waals surface area (Å²) >= 11 is 8.14. The molecule has 0 radical (unpaired) electrons. The van der Waals surface area contributed by atoms with E-state index < -0.39 is 0 Å². The van der Waals surface area contributed by atoms with E-state index >= 15 is 0 Å². The zero-order valence-electron chi connectivity index (χ0n) is 11.5. The van der Waals surface area contributed by atoms with Gasteiger partial charge in [0.25, 0.3) is 5.91 Å². The molecule has 2 aromatic carbocycles. The van der Waals surface area contributed by atoms with Gasteiger partial charge < -0.3 is 10.1 Å². The van der Waals surface area contributed by atoms with Crippen LogP contribution in [0.25, 0.3) is 0 Å². The third-order valence-corrected chi connectivity index (χ3v) is 3.95. The molecule has 21 heavy (non-hydrogen) atoms. The van der Waals surface area contributed by atoms with Gasteiger partial charge in [-0.25, -0.2) is 0 Å². The fourth-order valence-corrected chi connectivity index (χ4v) is 2.58. The third-order valence-electron chi connectivity index (χ3n) is 2.77. The molecule has 0 bridgehead atoms. The van der Waals surface area contributed by atoms with E-state index in [1.165, 1.54) is 0 Å². The van der Waals surface area contributed by atoms with E-state index in [-0.39, 0.29) is 5.91 Å². The number of halogens is 2. The first-order chi connectivity index (χ1) is 10.1. The zero-order valence-corrected chi connectivity index (χ0v) is 14.4. The molecule has 5 heteroatoms. The minimum Gasteiger partial charge on any atom is -0.491 e. The van der Waals surface area contributed by atoms with Crippen molar-refractivity contribution in [2.75, 3.05) is 11.9 Å². The van der Waals surface area contributed by atoms with Crippen LogP contribution in [0.1, 0.15) is 23.7 Å². The second-order valence-electron chi connectivity index (χ2n) is 4.42. The van der Waals surface area contributed by atoms with E-state index in [0.29, 0.717) is 28.6 Å². The molecule has 0 fully saturated rings. The summed E-state index contributed by atoms with van der Waals surface area (Å²) < 4.78 is 6.53. The third kappa shape index (κ3) is 4.35. The van der Waals surface area contributed by atoms with E-state index in [1.807, 2.05) is 25.1 Å². The van der Waals surface area contributed by atoms with Gasteiger partial charge in [-0.3, -0.25) is 4.79 Å². The predicted molar refractivity (Wildman–Crippen MR) is 94.4 cm³/mol. The van der Waals surface area contributed by atoms with E-state index in [4.69, 9.17) is 16.3 Å². The minimum absolute atomic E-state index is 0.177. The van der Waals surface area contributed by atoms with Gasteiger partial charge >= 0.3 is 0 Å². The number of benzene rings is 2. The highest BCUT2D eigenvalue weighted by Gasteiger charge is 2.13. The first-order valence-electron chi connectivity index (χ1n) is 6.60. The van der Waals surface area contributed by atoms with E-state index in [9.17, 15) is 4.79 Å². The second-order valence-corrected chi connectivity index (χ2v) is 6.02. The van der Waals surface area contributed by atoms with Crippen molar-refractivity contribution in [3.63, 3.8) is 0 Å². The lowest BCUT2D eigenvalue weighted by molar-refractivity contribution is 0.102. The van der Waals surface area contributed by atoms with E-state index in [2.05, 4.69) is 27.9 Å². The first-order valence-corrected chi connectivity index (χ1v) is 8.05. The number of carbonyl (C=O) groups is 1. The summed E-state index contributed by atoms with van der Waals surface area (Å²) in [4.78, 5) is 12.4. The minimum atomic E-state index is -0.177. The Hall–Kier alpha value is -1.27. The van der Waals surface area contributed by atoms with Crippen molar-refractivity contribution in [1.29, 1.82) is 0 Å². The van der Waals surface area contributed by atoms with Crippen molar-refractivity contribution in [2.24, 2.45) is 0 Å². The summed E-state index contributed by atoms with van der Waals surface area (Å²) in [6.07, 6.45) is 0.895. The number of rotatable bonds is 5. The molecule has 3 nitrogen and oxygen atoms in total. The number of anilines is 1. The lowest BCUT2D eigenvalue weighted by Crippen LogP contribution is -2.14. The summed E-state index contributed by atoms with van der Waals surface area (Å²) in [6.45, 7) is 2.62. The topological polar surface area (TPSA) is 38.3 Å². The number of amides is 1. The van der Waals surface area contributed by atoms with Crippen LogP contribution < -0.4 is 10.1 Å². The maximum absolute atomic E-state index is 12.4. The van der Waals surface area contributed by atoms with Crippen LogP contribution in [0.5, 0.6) is 5.75 Å². The van der Waals surface area contributed by atoms with Crippen LogP contribution in [0.2, 0.25) is 5.02 Å². The smallest absolute Gasteiger partial charge is 0.256 e. The highest BCUT2D eigenvalue weighted by atomic mass is 127. The van der Waals surface area contributed by atoms with Crippen LogP contribution in [0.15, 0.2) is 42.5 Å². The Morgan fingerprint density at radius 2 is 2.05 bits per heavy atom. The normalized spacial score (nSPS) is 10.2. The number of hydrogen-bond acceptors (Lipinski definition) is 2. The van der Waals surface area contributed by atoms with Gasteiger partial charge in [0.05, 0.1) is 17.9 Å². The molecule has 110 valence electrons. The molecule has 2 aromatic rings. The molecule has 1 amide bonds. The summed E-state index contributed by atoms with van der Waals surface area (Å²) in [5.74, 6) is 0.448. The van der Waals surface area contributed by atoms with Crippen molar-refractivity contribution in [3.05, 3.63) is 56.6 Å². The molecular formula is C16H15ClINO2. The number of ether oxygens (including phenoxy) is 1. The van der Waals surface area contributed by atoms with Crippen LogP contribution >= 0.6 is 34.2 Å². The Morgan fingerprint density at radius 1 is 1.29 bits per heavy atom. The monoisotopic (exact) mass is 415 g/mol. The van der Waals surface area contributed by atoms with Gasteiger partial charge in [-0.1, -0.05) is 30.7 Å². The Bertz CT molecular complexity index is 646. The molecule has 0 aliphatic heterocycles. The number of carbonyl (C=O) groups excluding carboxylic acids is 1. The fourth-order valence-electron chi connectivity index (χ4n) is 1.77. The van der Waals surface area contributed by atoms with Gasteiger partial charge in [-0.2, -0.15) is 0 Å². The highest BCUT2D eigenvalue weighted by Crippen LogP contribution is 2.29. The van der Waals surface area contributed by atoms with Crippen molar-refractivity contribution in [3.8, 4) is 5.75 Å². The molecule has 0 saturated carbocycles. The predicted octanol–water partition coefficient (Wildman–Crippen LogP) is 4.99. The maximum atomic E-state index is 12.4. The SMILES string of the molecule is CCCOc1ccc(Cl)cc1NC(=O)c1ccccc1I. The molecule has 0 unspecified atom stereocenters. The summed E-state index contributed by atoms with van der Waals surface area (Å²) in [5, 5.41) is 3.42. The van der Waals surface area contributed by atoms with Crippen molar-refractivity contribution >= 4 is 45.8 Å². The second kappa shape index (κ2) is 7.66. The zero-order chi connectivity index (χ0) is 15.2. The molecule has 1 N–H and O–H groups in total. The molecule has 0 saturated heterocycles. The number of hydrogen-bond donors (Lipinski definition) is 1. The van der Waals surface area contributed by atoms with E-state index in [0.717, 1.165) is 9.99 Å². The highest BCUT2D eigenvalue weighted by molar-refractivity contribution is 14.1. The Morgan fingerprint density at radius 3 is 2.76 bits per heavy atom. The Labute approximate surface area is 142 Å². The van der Waals surface area contributed by atoms with Crippen molar-refractivity contribution < 1.29 is 9.53 Å². The molecule has 2 rings (SSSR count). The molecule has 0 spiro atoms. The fraction of sp³-hybridized carbons (Fsp3) is 0.188. The lowest BCUT2D eigenvalue weighted by atomic mass is 10.2. The van der Waals surface area contributed by atoms with Gasteiger partial charge in [-0.15, -0.1) is 0 Å². The molecule has 0 aliphatic carbocycles. The van der Waals surface area contributed by atoms with Crippen LogP contribution in [0.3, 0.4) is 0 Å². The van der Waals surface area contributed by atoms with Gasteiger partial charge in [-0.05, 0) is 59.3 Å². The largest absolute Gasteiger partial charge is 0.491 e. The van der Waals surface area contributed by atoms with Gasteiger partial charge in [0, 0.05) is 8.59 Å². The van der Waals surface area contributed by atoms with Crippen LogP contribution in [0.4, 0.5) is 5.69 Å². The van der Waals surface area contributed by atoms with Gasteiger partial charge in [0.1, 0.15) is 5.75 Å². The lowest BCUT2D eigenvalue weighted by Gasteiger charge is -2.13. The van der Waals surface area contributed by atoms with Crippen LogP contribution in [0, 0.1) is 3.57 Å². The Kier molecular flexibility index (Phi) is 5.87. The van der Waals surface area contributed by atoms with Crippen molar-refractivity contribution in [1.82, 2.24) is 0 Å². The van der Waals surface area contributed by atoms with Crippen molar-refractivity contribution in [2.45, 2.75) is 13.3 Å². The Balaban J connectivity index is 2.24. The molecule has 0 aromatic heterocycles. The average molecular weight is 416 g/mol. The van der Waals surface area contributed by atoms with Crippen LogP contribution in [-0.2, 0) is 0 Å². The van der Waals surface area contributed by atoms with Gasteiger partial charge in [0.15, 0.2) is 0 Å². The van der Waals surface area contributed by atoms with Gasteiger partial charge in [0.2, 0.25) is 0 Å². The summed E-state index contributed by atoms with van der Waals surface area (Å²) in [6, 6.07) is 12.6. The first kappa shape index (κ1) is 16.1. The molecule has 0 atom stereocenters. The molecule has 0 heterocycles.